The van der Waals surface area contributed by atoms with E-state index in [2.05, 4.69) is 26.0 Å². The topological polar surface area (TPSA) is 91.5 Å². The normalized spacial score (nSPS) is 31.2. The van der Waals surface area contributed by atoms with E-state index in [9.17, 15) is 4.79 Å². The molecule has 4 aliphatic rings. The molecule has 1 saturated carbocycles. The molecule has 2 atom stereocenters. The van der Waals surface area contributed by atoms with Crippen LogP contribution in [0.5, 0.6) is 0 Å². The summed E-state index contributed by atoms with van der Waals surface area (Å²) in [6.07, 6.45) is 9.64. The highest BCUT2D eigenvalue weighted by atomic mass is 16.5. The van der Waals surface area contributed by atoms with E-state index >= 15 is 0 Å². The van der Waals surface area contributed by atoms with E-state index < -0.39 is 5.41 Å². The van der Waals surface area contributed by atoms with Crippen LogP contribution in [0.4, 0.5) is 0 Å². The fraction of sp³-hybridized carbons (Fsp3) is 0.600. The zero-order valence-corrected chi connectivity index (χ0v) is 15.7. The number of fused-ring (bicyclic) bond motifs is 1. The monoisotopic (exact) mass is 355 g/mol. The summed E-state index contributed by atoms with van der Waals surface area (Å²) in [7, 11) is 0. The lowest BCUT2D eigenvalue weighted by molar-refractivity contribution is -0.544. The van der Waals surface area contributed by atoms with Crippen molar-refractivity contribution < 1.29 is 14.2 Å². The Hall–Kier alpha value is -2.08. The Labute approximate surface area is 154 Å². The minimum atomic E-state index is -0.449. The van der Waals surface area contributed by atoms with Gasteiger partial charge < -0.3 is 10.5 Å². The molecule has 6 heteroatoms. The maximum Gasteiger partial charge on any atom is 0.226 e. The van der Waals surface area contributed by atoms with Gasteiger partial charge in [-0.25, -0.2) is 0 Å². The molecule has 3 N–H and O–H groups in total. The second-order valence-electron chi connectivity index (χ2n) is 8.52. The van der Waals surface area contributed by atoms with Gasteiger partial charge in [0.25, 0.3) is 0 Å². The quantitative estimate of drug-likeness (QED) is 0.460. The number of Topliss-reactive ketones (excluding diaryl/α,β-unsaturated/α-hetero) is 1. The van der Waals surface area contributed by atoms with Gasteiger partial charge in [0.1, 0.15) is 11.5 Å². The number of hydrazone groups is 1. The SMILES string of the molecule is CC(=O)C1=C(C2(C(=N)N)CC2)C2C=CC([C@@H]3CCOC(C)(C)C3)=N[N+]2=C1. The van der Waals surface area contributed by atoms with Gasteiger partial charge in [0.2, 0.25) is 12.3 Å². The predicted octanol–water partition coefficient (Wildman–Crippen LogP) is 2.18. The first kappa shape index (κ1) is 17.3. The van der Waals surface area contributed by atoms with Gasteiger partial charge >= 0.3 is 0 Å². The lowest BCUT2D eigenvalue weighted by atomic mass is 9.83. The van der Waals surface area contributed by atoms with Crippen molar-refractivity contribution in [3.05, 3.63) is 23.3 Å². The van der Waals surface area contributed by atoms with Crippen LogP contribution < -0.4 is 5.73 Å². The van der Waals surface area contributed by atoms with Crippen molar-refractivity contribution in [1.82, 2.24) is 0 Å². The van der Waals surface area contributed by atoms with Crippen LogP contribution in [0.3, 0.4) is 0 Å². The molecule has 0 radical (unpaired) electrons. The molecule has 138 valence electrons. The molecule has 0 spiro atoms. The lowest BCUT2D eigenvalue weighted by Gasteiger charge is -2.35. The summed E-state index contributed by atoms with van der Waals surface area (Å²) in [6, 6.07) is -0.100. The summed E-state index contributed by atoms with van der Waals surface area (Å²) in [4.78, 5) is 12.2. The van der Waals surface area contributed by atoms with E-state index in [1.165, 1.54) is 0 Å². The number of ether oxygens (including phenoxy) is 1. The van der Waals surface area contributed by atoms with Crippen molar-refractivity contribution in [2.75, 3.05) is 6.61 Å². The highest BCUT2D eigenvalue weighted by Gasteiger charge is 2.58. The van der Waals surface area contributed by atoms with Gasteiger partial charge in [-0.05, 0) is 63.7 Å². The average Bonchev–Trinajstić information content (AvgIpc) is 3.28. The van der Waals surface area contributed by atoms with E-state index in [1.807, 2.05) is 10.9 Å². The van der Waals surface area contributed by atoms with Crippen molar-refractivity contribution in [3.63, 3.8) is 0 Å². The Bertz CT molecular complexity index is 812. The highest BCUT2D eigenvalue weighted by molar-refractivity contribution is 6.14. The minimum Gasteiger partial charge on any atom is -0.387 e. The minimum absolute atomic E-state index is 0.0132. The number of amidine groups is 1. The number of carbonyl (C=O) groups excluding carboxylic acids is 1. The van der Waals surface area contributed by atoms with E-state index in [4.69, 9.17) is 21.0 Å². The predicted molar refractivity (Wildman–Crippen MR) is 101 cm³/mol. The summed E-state index contributed by atoms with van der Waals surface area (Å²) in [6.45, 7) is 6.56. The van der Waals surface area contributed by atoms with Crippen LogP contribution in [-0.4, -0.2) is 46.5 Å². The number of nitrogens with one attached hydrogen (secondary N) is 1. The van der Waals surface area contributed by atoms with Crippen LogP contribution in [0.2, 0.25) is 0 Å². The molecule has 0 bridgehead atoms. The molecule has 1 unspecified atom stereocenters. The van der Waals surface area contributed by atoms with Gasteiger partial charge in [-0.2, -0.15) is 0 Å². The van der Waals surface area contributed by atoms with Crippen LogP contribution in [0, 0.1) is 16.7 Å². The number of hydrogen-bond acceptors (Lipinski definition) is 4. The second-order valence-corrected chi connectivity index (χ2v) is 8.52. The van der Waals surface area contributed by atoms with Crippen LogP contribution >= 0.6 is 0 Å². The molecule has 0 aromatic rings. The van der Waals surface area contributed by atoms with Gasteiger partial charge in [-0.15, -0.1) is 0 Å². The third-order valence-electron chi connectivity index (χ3n) is 6.09. The van der Waals surface area contributed by atoms with E-state index in [0.717, 1.165) is 43.6 Å². The van der Waals surface area contributed by atoms with E-state index in [0.29, 0.717) is 11.5 Å². The maximum atomic E-state index is 12.2. The van der Waals surface area contributed by atoms with E-state index in [-0.39, 0.29) is 23.3 Å². The zero-order valence-electron chi connectivity index (χ0n) is 15.7. The summed E-state index contributed by atoms with van der Waals surface area (Å²) in [5.41, 5.74) is 8.00. The molecular weight excluding hydrogens is 328 g/mol. The van der Waals surface area contributed by atoms with Crippen LogP contribution in [0.15, 0.2) is 28.4 Å². The first-order valence-electron chi connectivity index (χ1n) is 9.37. The smallest absolute Gasteiger partial charge is 0.226 e. The second kappa shape index (κ2) is 5.71. The summed E-state index contributed by atoms with van der Waals surface area (Å²) in [5, 5.41) is 12.9. The Morgan fingerprint density at radius 3 is 2.73 bits per heavy atom. The lowest BCUT2D eigenvalue weighted by Crippen LogP contribution is -2.39. The molecule has 0 amide bonds. The summed E-state index contributed by atoms with van der Waals surface area (Å²) >= 11 is 0. The zero-order chi connectivity index (χ0) is 18.7. The molecule has 2 fully saturated rings. The highest BCUT2D eigenvalue weighted by Crippen LogP contribution is 2.55. The Balaban J connectivity index is 1.66. The molecule has 0 aromatic carbocycles. The number of carbonyl (C=O) groups is 1. The number of allylic oxidation sites excluding steroid dienone is 2. The molecule has 6 nitrogen and oxygen atoms in total. The van der Waals surface area contributed by atoms with Crippen molar-refractivity contribution >= 4 is 23.5 Å². The molecule has 3 heterocycles. The first-order valence-corrected chi connectivity index (χ1v) is 9.37. The van der Waals surface area contributed by atoms with Gasteiger partial charge in [0.05, 0.1) is 16.6 Å². The number of nitrogens with zero attached hydrogens (tertiary/aromatic N) is 2. The van der Waals surface area contributed by atoms with Gasteiger partial charge in [-0.3, -0.25) is 10.2 Å². The third-order valence-corrected chi connectivity index (χ3v) is 6.09. The van der Waals surface area contributed by atoms with Crippen molar-refractivity contribution in [2.45, 2.75) is 58.1 Å². The summed E-state index contributed by atoms with van der Waals surface area (Å²) in [5.74, 6) is 0.534. The van der Waals surface area contributed by atoms with Gasteiger partial charge in [0, 0.05) is 18.1 Å². The number of rotatable bonds is 4. The largest absolute Gasteiger partial charge is 0.387 e. The van der Waals surface area contributed by atoms with Crippen molar-refractivity contribution in [2.24, 2.45) is 22.2 Å². The molecule has 26 heavy (non-hydrogen) atoms. The molecule has 4 rings (SSSR count). The number of ketones is 1. The Morgan fingerprint density at radius 1 is 1.42 bits per heavy atom. The Kier molecular flexibility index (Phi) is 3.81. The van der Waals surface area contributed by atoms with Crippen LogP contribution in [0.1, 0.15) is 46.5 Å². The van der Waals surface area contributed by atoms with Gasteiger partial charge in [-0.1, -0.05) is 4.68 Å². The van der Waals surface area contributed by atoms with Crippen molar-refractivity contribution in [1.29, 1.82) is 5.41 Å². The average molecular weight is 355 g/mol. The van der Waals surface area contributed by atoms with Crippen molar-refractivity contribution in [3.8, 4) is 0 Å². The van der Waals surface area contributed by atoms with Crippen LogP contribution in [-0.2, 0) is 9.53 Å². The molecule has 0 aromatic heterocycles. The number of nitrogens with two attached hydrogens (primary N) is 1. The van der Waals surface area contributed by atoms with Gasteiger partial charge in [0.15, 0.2) is 5.78 Å². The fourth-order valence-electron chi connectivity index (χ4n) is 4.54. The Morgan fingerprint density at radius 2 is 2.15 bits per heavy atom. The van der Waals surface area contributed by atoms with Crippen LogP contribution in [0.25, 0.3) is 0 Å². The number of hydrogen-bond donors (Lipinski definition) is 2. The molecule has 1 saturated heterocycles. The fourth-order valence-corrected chi connectivity index (χ4v) is 4.54. The molecule has 1 aliphatic carbocycles. The third kappa shape index (κ3) is 2.67. The standard InChI is InChI=1S/C20H27N4O2/c1-12(25)14-11-24-16(17(14)20(7-8-20)18(21)22)5-4-15(23-24)13-6-9-26-19(2,3)10-13/h4-5,11,13,16H,6-10H2,1-3H3,(H3,21,22)/q+1/t13-,16?/m1/s1. The van der Waals surface area contributed by atoms with E-state index in [1.54, 1.807) is 6.92 Å². The molecular formula is C20H27N4O2+. The molecule has 3 aliphatic heterocycles. The maximum absolute atomic E-state index is 12.2. The summed E-state index contributed by atoms with van der Waals surface area (Å²) < 4.78 is 7.72. The first-order chi connectivity index (χ1) is 12.2.